The van der Waals surface area contributed by atoms with Gasteiger partial charge < -0.3 is 11.1 Å². The highest BCUT2D eigenvalue weighted by Crippen LogP contribution is 2.22. The summed E-state index contributed by atoms with van der Waals surface area (Å²) in [5, 5.41) is 11.5. The van der Waals surface area contributed by atoms with Gasteiger partial charge in [-0.25, -0.2) is 0 Å². The molecule has 0 aliphatic heterocycles. The minimum absolute atomic E-state index is 0.0830. The van der Waals surface area contributed by atoms with Gasteiger partial charge in [-0.15, -0.1) is 10.2 Å². The number of aromatic nitrogens is 3. The number of hydrogen-bond donors (Lipinski definition) is 2. The number of carbonyl (C=O) groups is 1. The smallest absolute Gasteiger partial charge is 0.243 e. The molecule has 118 valence electrons. The van der Waals surface area contributed by atoms with Crippen molar-refractivity contribution in [1.29, 1.82) is 0 Å². The second-order valence-electron chi connectivity index (χ2n) is 4.85. The number of anilines is 1. The Morgan fingerprint density at radius 2 is 2.09 bits per heavy atom. The Balaban J connectivity index is 1.93. The van der Waals surface area contributed by atoms with Crippen molar-refractivity contribution >= 4 is 23.6 Å². The van der Waals surface area contributed by atoms with Gasteiger partial charge in [-0.3, -0.25) is 9.36 Å². The molecule has 1 heterocycles. The molecule has 3 N–H and O–H groups in total. The van der Waals surface area contributed by atoms with E-state index in [0.717, 1.165) is 12.2 Å². The van der Waals surface area contributed by atoms with Crippen LogP contribution in [-0.2, 0) is 11.2 Å². The van der Waals surface area contributed by atoms with Crippen LogP contribution in [0.15, 0.2) is 35.5 Å². The van der Waals surface area contributed by atoms with Gasteiger partial charge in [-0.05, 0) is 24.7 Å². The summed E-state index contributed by atoms with van der Waals surface area (Å²) >= 11 is 1.52. The summed E-state index contributed by atoms with van der Waals surface area (Å²) in [6.45, 7) is 4.41. The molecule has 0 aliphatic carbocycles. The number of thioether (sulfide) groups is 1. The first-order valence-electron chi connectivity index (χ1n) is 7.28. The minimum Gasteiger partial charge on any atom is -0.368 e. The monoisotopic (exact) mass is 319 g/mol. The van der Waals surface area contributed by atoms with Gasteiger partial charge in [0.1, 0.15) is 6.04 Å². The van der Waals surface area contributed by atoms with Gasteiger partial charge in [0.15, 0.2) is 5.16 Å². The molecule has 2 aromatic rings. The first-order valence-corrected chi connectivity index (χ1v) is 8.26. The number of benzene rings is 1. The number of nitrogen functional groups attached to an aromatic ring is 1. The molecule has 6 nitrogen and oxygen atoms in total. The molecular weight excluding hydrogens is 298 g/mol. The minimum atomic E-state index is -0.431. The van der Waals surface area contributed by atoms with Crippen molar-refractivity contribution in [2.24, 2.45) is 0 Å². The molecular formula is C15H21N5OS. The van der Waals surface area contributed by atoms with Crippen LogP contribution in [0, 0.1) is 0 Å². The van der Waals surface area contributed by atoms with E-state index in [1.165, 1.54) is 17.3 Å². The van der Waals surface area contributed by atoms with E-state index in [9.17, 15) is 4.79 Å². The van der Waals surface area contributed by atoms with Gasteiger partial charge in [0.25, 0.3) is 0 Å². The van der Waals surface area contributed by atoms with Crippen LogP contribution in [0.4, 0.5) is 5.95 Å². The lowest BCUT2D eigenvalue weighted by atomic mass is 10.1. The molecule has 22 heavy (non-hydrogen) atoms. The van der Waals surface area contributed by atoms with E-state index in [4.69, 9.17) is 5.73 Å². The summed E-state index contributed by atoms with van der Waals surface area (Å²) < 4.78 is 1.67. The van der Waals surface area contributed by atoms with Crippen molar-refractivity contribution in [2.45, 2.75) is 31.5 Å². The van der Waals surface area contributed by atoms with Crippen LogP contribution >= 0.6 is 11.8 Å². The van der Waals surface area contributed by atoms with Gasteiger partial charge in [0.05, 0.1) is 0 Å². The van der Waals surface area contributed by atoms with E-state index in [0.29, 0.717) is 11.7 Å². The molecule has 1 aromatic carbocycles. The van der Waals surface area contributed by atoms with Crippen LogP contribution in [0.5, 0.6) is 0 Å². The van der Waals surface area contributed by atoms with Gasteiger partial charge in [-0.2, -0.15) is 0 Å². The first-order chi connectivity index (χ1) is 10.6. The number of nitrogens with one attached hydrogen (secondary N) is 1. The van der Waals surface area contributed by atoms with Crippen molar-refractivity contribution in [1.82, 2.24) is 20.1 Å². The van der Waals surface area contributed by atoms with Crippen LogP contribution in [-0.4, -0.2) is 33.0 Å². The summed E-state index contributed by atoms with van der Waals surface area (Å²) in [5.41, 5.74) is 7.02. The highest BCUT2D eigenvalue weighted by molar-refractivity contribution is 7.99. The Morgan fingerprint density at radius 3 is 2.77 bits per heavy atom. The number of nitrogens with zero attached hydrogens (tertiary/aromatic N) is 3. The second-order valence-corrected chi connectivity index (χ2v) is 6.08. The van der Waals surface area contributed by atoms with Crippen molar-refractivity contribution in [3.63, 3.8) is 0 Å². The molecule has 0 aliphatic rings. The number of rotatable bonds is 7. The van der Waals surface area contributed by atoms with Crippen LogP contribution < -0.4 is 11.1 Å². The van der Waals surface area contributed by atoms with Crippen LogP contribution in [0.3, 0.4) is 0 Å². The van der Waals surface area contributed by atoms with E-state index >= 15 is 0 Å². The molecule has 0 radical (unpaired) electrons. The fourth-order valence-electron chi connectivity index (χ4n) is 2.12. The lowest BCUT2D eigenvalue weighted by Crippen LogP contribution is -2.33. The maximum atomic E-state index is 12.3. The predicted octanol–water partition coefficient (Wildman–Crippen LogP) is 1.89. The molecule has 0 fully saturated rings. The van der Waals surface area contributed by atoms with E-state index < -0.39 is 6.04 Å². The summed E-state index contributed by atoms with van der Waals surface area (Å²) in [5.74, 6) is 1.03. The zero-order chi connectivity index (χ0) is 15.9. The number of amides is 1. The molecule has 0 saturated heterocycles. The molecule has 0 bridgehead atoms. The Kier molecular flexibility index (Phi) is 5.83. The lowest BCUT2D eigenvalue weighted by Gasteiger charge is -2.16. The average molecular weight is 319 g/mol. The second kappa shape index (κ2) is 7.84. The maximum absolute atomic E-state index is 12.3. The molecule has 0 saturated carbocycles. The maximum Gasteiger partial charge on any atom is 0.243 e. The third-order valence-corrected chi connectivity index (χ3v) is 4.11. The van der Waals surface area contributed by atoms with Gasteiger partial charge in [0.2, 0.25) is 11.9 Å². The van der Waals surface area contributed by atoms with Crippen molar-refractivity contribution in [3.8, 4) is 0 Å². The Bertz CT molecular complexity index is 614. The SMILES string of the molecule is CCSc1nnc(N)n1C(C)C(=O)NCCc1ccccc1. The summed E-state index contributed by atoms with van der Waals surface area (Å²) in [4.78, 5) is 12.3. The summed E-state index contributed by atoms with van der Waals surface area (Å²) in [7, 11) is 0. The Labute approximate surface area is 134 Å². The van der Waals surface area contributed by atoms with E-state index in [1.807, 2.05) is 37.3 Å². The van der Waals surface area contributed by atoms with E-state index in [1.54, 1.807) is 11.5 Å². The van der Waals surface area contributed by atoms with Crippen LogP contribution in [0.1, 0.15) is 25.5 Å². The predicted molar refractivity (Wildman–Crippen MR) is 88.7 cm³/mol. The fraction of sp³-hybridized carbons (Fsp3) is 0.400. The number of hydrogen-bond acceptors (Lipinski definition) is 5. The van der Waals surface area contributed by atoms with E-state index in [-0.39, 0.29) is 11.9 Å². The average Bonchev–Trinajstić information content (AvgIpc) is 2.88. The van der Waals surface area contributed by atoms with Crippen LogP contribution in [0.25, 0.3) is 0 Å². The summed E-state index contributed by atoms with van der Waals surface area (Å²) in [6.07, 6.45) is 0.799. The quantitative estimate of drug-likeness (QED) is 0.761. The van der Waals surface area contributed by atoms with Gasteiger partial charge in [0, 0.05) is 6.54 Å². The molecule has 1 amide bonds. The van der Waals surface area contributed by atoms with Gasteiger partial charge in [-0.1, -0.05) is 49.0 Å². The van der Waals surface area contributed by atoms with E-state index in [2.05, 4.69) is 15.5 Å². The largest absolute Gasteiger partial charge is 0.368 e. The van der Waals surface area contributed by atoms with Gasteiger partial charge >= 0.3 is 0 Å². The molecule has 1 aromatic heterocycles. The zero-order valence-corrected chi connectivity index (χ0v) is 13.6. The Morgan fingerprint density at radius 1 is 1.36 bits per heavy atom. The number of nitrogens with two attached hydrogens (primary N) is 1. The topological polar surface area (TPSA) is 85.8 Å². The van der Waals surface area contributed by atoms with Crippen molar-refractivity contribution in [3.05, 3.63) is 35.9 Å². The number of carbonyl (C=O) groups excluding carboxylic acids is 1. The lowest BCUT2D eigenvalue weighted by molar-refractivity contribution is -0.123. The standard InChI is InChI=1S/C15H21N5OS/c1-3-22-15-19-18-14(16)20(15)11(2)13(21)17-10-9-12-7-5-4-6-8-12/h4-8,11H,3,9-10H2,1-2H3,(H2,16,18)(H,17,21). The third kappa shape index (κ3) is 4.00. The van der Waals surface area contributed by atoms with Crippen LogP contribution in [0.2, 0.25) is 0 Å². The highest BCUT2D eigenvalue weighted by atomic mass is 32.2. The molecule has 0 spiro atoms. The molecule has 1 atom stereocenters. The van der Waals surface area contributed by atoms with Crippen molar-refractivity contribution < 1.29 is 4.79 Å². The Hall–Kier alpha value is -2.02. The molecule has 1 unspecified atom stereocenters. The van der Waals surface area contributed by atoms with Crippen molar-refractivity contribution in [2.75, 3.05) is 18.0 Å². The normalized spacial score (nSPS) is 12.1. The fourth-order valence-corrected chi connectivity index (χ4v) is 2.87. The molecule has 7 heteroatoms. The highest BCUT2D eigenvalue weighted by Gasteiger charge is 2.21. The third-order valence-electron chi connectivity index (χ3n) is 3.29. The first kappa shape index (κ1) is 16.4. The zero-order valence-electron chi connectivity index (χ0n) is 12.8. The molecule has 2 rings (SSSR count). The summed E-state index contributed by atoms with van der Waals surface area (Å²) in [6, 6.07) is 9.62.